The molecule has 0 bridgehead atoms. The minimum atomic E-state index is -3.71. The van der Waals surface area contributed by atoms with Crippen LogP contribution in [0.2, 0.25) is 5.02 Å². The van der Waals surface area contributed by atoms with Gasteiger partial charge in [-0.2, -0.15) is 0 Å². The first-order valence-corrected chi connectivity index (χ1v) is 11.6. The molecule has 1 fully saturated rings. The highest BCUT2D eigenvalue weighted by molar-refractivity contribution is 7.92. The quantitative estimate of drug-likeness (QED) is 0.621. The number of nitrogens with zero attached hydrogens (tertiary/aromatic N) is 2. The van der Waals surface area contributed by atoms with E-state index in [1.165, 1.54) is 6.07 Å². The molecule has 1 aromatic rings. The van der Waals surface area contributed by atoms with Crippen molar-refractivity contribution in [3.63, 3.8) is 0 Å². The van der Waals surface area contributed by atoms with Crippen LogP contribution in [0.3, 0.4) is 0 Å². The first-order valence-electron chi connectivity index (χ1n) is 9.39. The summed E-state index contributed by atoms with van der Waals surface area (Å²) in [6, 6.07) is 5.58. The first-order chi connectivity index (χ1) is 13.2. The lowest BCUT2D eigenvalue weighted by Gasteiger charge is -2.37. The second-order valence-corrected chi connectivity index (χ2v) is 9.11. The lowest BCUT2D eigenvalue weighted by atomic mass is 9.96. The van der Waals surface area contributed by atoms with E-state index in [2.05, 4.69) is 0 Å². The van der Waals surface area contributed by atoms with Crippen LogP contribution in [-0.4, -0.2) is 57.2 Å². The van der Waals surface area contributed by atoms with Gasteiger partial charge in [-0.3, -0.25) is 13.9 Å². The fourth-order valence-corrected chi connectivity index (χ4v) is 4.85. The van der Waals surface area contributed by atoms with Crippen molar-refractivity contribution in [2.45, 2.75) is 39.2 Å². The molecule has 1 atom stereocenters. The van der Waals surface area contributed by atoms with Gasteiger partial charge in [0.15, 0.2) is 0 Å². The van der Waals surface area contributed by atoms with Crippen molar-refractivity contribution < 1.29 is 22.7 Å². The molecule has 7 nitrogen and oxygen atoms in total. The first kappa shape index (κ1) is 22.5. The highest BCUT2D eigenvalue weighted by atomic mass is 35.5. The molecule has 1 amide bonds. The highest BCUT2D eigenvalue weighted by Gasteiger charge is 2.36. The van der Waals surface area contributed by atoms with Crippen LogP contribution in [0.1, 0.15) is 33.1 Å². The van der Waals surface area contributed by atoms with Crippen LogP contribution >= 0.6 is 11.6 Å². The molecule has 156 valence electrons. The number of sulfonamides is 1. The highest BCUT2D eigenvalue weighted by Crippen LogP contribution is 2.27. The molecule has 0 N–H and O–H groups in total. The average molecular weight is 431 g/mol. The number of carbonyl (C=O) groups excluding carboxylic acids is 2. The Morgan fingerprint density at radius 2 is 1.93 bits per heavy atom. The molecule has 0 radical (unpaired) electrons. The Labute approximate surface area is 171 Å². The number of likely N-dealkylation sites (tertiary alicyclic amines) is 1. The zero-order valence-electron chi connectivity index (χ0n) is 16.4. The number of anilines is 1. The van der Waals surface area contributed by atoms with Crippen LogP contribution in [0.4, 0.5) is 5.69 Å². The standard InChI is InChI=1S/C19H27ClN2O5S/c1-4-17(22(28(3,25)26)16-8-6-7-15(20)13-16)18(23)21-11-9-14(10-12-21)19(24)27-5-2/h6-8,13-14,17H,4-5,9-12H2,1-3H3/t17-/m0/s1. The third kappa shape index (κ3) is 5.38. The maximum Gasteiger partial charge on any atom is 0.309 e. The van der Waals surface area contributed by atoms with Crippen molar-refractivity contribution in [3.05, 3.63) is 29.3 Å². The maximum atomic E-state index is 13.1. The Balaban J connectivity index is 2.20. The molecule has 9 heteroatoms. The third-order valence-corrected chi connectivity index (χ3v) is 6.22. The second kappa shape index (κ2) is 9.60. The summed E-state index contributed by atoms with van der Waals surface area (Å²) in [7, 11) is -3.71. The fourth-order valence-electron chi connectivity index (χ4n) is 3.46. The molecule has 0 unspecified atom stereocenters. The third-order valence-electron chi connectivity index (χ3n) is 4.80. The molecule has 1 aromatic carbocycles. The lowest BCUT2D eigenvalue weighted by Crippen LogP contribution is -2.52. The van der Waals surface area contributed by atoms with Crippen molar-refractivity contribution in [1.82, 2.24) is 4.90 Å². The normalized spacial score (nSPS) is 16.5. The van der Waals surface area contributed by atoms with Crippen LogP contribution in [0.25, 0.3) is 0 Å². The van der Waals surface area contributed by atoms with E-state index < -0.39 is 16.1 Å². The van der Waals surface area contributed by atoms with Crippen LogP contribution in [0.15, 0.2) is 24.3 Å². The van der Waals surface area contributed by atoms with Crippen molar-refractivity contribution in [2.75, 3.05) is 30.3 Å². The molecular formula is C19H27ClN2O5S. The maximum absolute atomic E-state index is 13.1. The summed E-state index contributed by atoms with van der Waals surface area (Å²) in [5, 5.41) is 0.392. The number of piperidine rings is 1. The molecule has 1 saturated heterocycles. The van der Waals surface area contributed by atoms with Crippen molar-refractivity contribution >= 4 is 39.2 Å². The molecular weight excluding hydrogens is 404 g/mol. The van der Waals surface area contributed by atoms with Gasteiger partial charge in [-0.05, 0) is 44.4 Å². The summed E-state index contributed by atoms with van der Waals surface area (Å²) >= 11 is 6.03. The van der Waals surface area contributed by atoms with Gasteiger partial charge >= 0.3 is 5.97 Å². The molecule has 0 spiro atoms. The molecule has 0 aromatic heterocycles. The predicted octanol–water partition coefficient (Wildman–Crippen LogP) is 2.69. The Bertz CT molecular complexity index is 806. The fraction of sp³-hybridized carbons (Fsp3) is 0.579. The molecule has 1 aliphatic rings. The minimum absolute atomic E-state index is 0.219. The largest absolute Gasteiger partial charge is 0.466 e. The number of benzene rings is 1. The topological polar surface area (TPSA) is 84.0 Å². The van der Waals surface area contributed by atoms with Crippen molar-refractivity contribution in [1.29, 1.82) is 0 Å². The van der Waals surface area contributed by atoms with Gasteiger partial charge in [0.2, 0.25) is 15.9 Å². The van der Waals surface area contributed by atoms with E-state index in [-0.39, 0.29) is 17.8 Å². The van der Waals surface area contributed by atoms with Crippen LogP contribution < -0.4 is 4.31 Å². The van der Waals surface area contributed by atoms with E-state index >= 15 is 0 Å². The summed E-state index contributed by atoms with van der Waals surface area (Å²) in [5.74, 6) is -0.725. The second-order valence-electron chi connectivity index (χ2n) is 6.81. The molecule has 28 heavy (non-hydrogen) atoms. The molecule has 1 aliphatic heterocycles. The van der Waals surface area contributed by atoms with E-state index in [4.69, 9.17) is 16.3 Å². The van der Waals surface area contributed by atoms with Gasteiger partial charge in [0.1, 0.15) is 6.04 Å². The average Bonchev–Trinajstić information content (AvgIpc) is 2.64. The number of hydrogen-bond acceptors (Lipinski definition) is 5. The van der Waals surface area contributed by atoms with Gasteiger partial charge in [-0.15, -0.1) is 0 Å². The summed E-state index contributed by atoms with van der Waals surface area (Å²) in [5.41, 5.74) is 0.358. The monoisotopic (exact) mass is 430 g/mol. The number of hydrogen-bond donors (Lipinski definition) is 0. The van der Waals surface area contributed by atoms with E-state index in [1.807, 2.05) is 0 Å². The van der Waals surface area contributed by atoms with Crippen LogP contribution in [0, 0.1) is 5.92 Å². The summed E-state index contributed by atoms with van der Waals surface area (Å²) < 4.78 is 31.2. The van der Waals surface area contributed by atoms with Gasteiger partial charge in [0.05, 0.1) is 24.5 Å². The van der Waals surface area contributed by atoms with Gasteiger partial charge in [0.25, 0.3) is 0 Å². The lowest BCUT2D eigenvalue weighted by molar-refractivity contribution is -0.151. The van der Waals surface area contributed by atoms with Crippen LogP contribution in [-0.2, 0) is 24.3 Å². The van der Waals surface area contributed by atoms with Crippen molar-refractivity contribution in [3.8, 4) is 0 Å². The number of esters is 1. The predicted molar refractivity (Wildman–Crippen MR) is 109 cm³/mol. The summed E-state index contributed by atoms with van der Waals surface area (Å²) in [6.45, 7) is 4.66. The van der Waals surface area contributed by atoms with E-state index in [0.717, 1.165) is 10.6 Å². The smallest absolute Gasteiger partial charge is 0.309 e. The zero-order valence-corrected chi connectivity index (χ0v) is 18.0. The number of carbonyl (C=O) groups is 2. The van der Waals surface area contributed by atoms with Gasteiger partial charge in [-0.25, -0.2) is 8.42 Å². The molecule has 0 saturated carbocycles. The summed E-state index contributed by atoms with van der Waals surface area (Å²) in [6.07, 6.45) is 2.42. The Morgan fingerprint density at radius 3 is 2.43 bits per heavy atom. The van der Waals surface area contributed by atoms with E-state index in [1.54, 1.807) is 36.9 Å². The SMILES string of the molecule is CCOC(=O)C1CCN(C(=O)[C@H](CC)N(c2cccc(Cl)c2)S(C)(=O)=O)CC1. The van der Waals surface area contributed by atoms with Gasteiger partial charge < -0.3 is 9.64 Å². The minimum Gasteiger partial charge on any atom is -0.466 e. The molecule has 0 aliphatic carbocycles. The molecule has 2 rings (SSSR count). The zero-order chi connectivity index (χ0) is 20.9. The van der Waals surface area contributed by atoms with E-state index in [0.29, 0.717) is 49.7 Å². The van der Waals surface area contributed by atoms with E-state index in [9.17, 15) is 18.0 Å². The number of amides is 1. The van der Waals surface area contributed by atoms with Crippen molar-refractivity contribution in [2.24, 2.45) is 5.92 Å². The Morgan fingerprint density at radius 1 is 1.29 bits per heavy atom. The van der Waals surface area contributed by atoms with Crippen LogP contribution in [0.5, 0.6) is 0 Å². The number of ether oxygens (including phenoxy) is 1. The summed E-state index contributed by atoms with van der Waals surface area (Å²) in [4.78, 5) is 26.7. The van der Waals surface area contributed by atoms with Gasteiger partial charge in [0, 0.05) is 18.1 Å². The number of rotatable bonds is 7. The number of halogens is 1. The molecule has 1 heterocycles. The van der Waals surface area contributed by atoms with Gasteiger partial charge in [-0.1, -0.05) is 24.6 Å². The Kier molecular flexibility index (Phi) is 7.71. The Hall–Kier alpha value is -1.80.